The molecule has 2 aliphatic heterocycles. The Kier molecular flexibility index (Phi) is 2.78. The average molecular weight is 259 g/mol. The summed E-state index contributed by atoms with van der Waals surface area (Å²) in [6.07, 6.45) is 0. The Morgan fingerprint density at radius 2 is 2.00 bits per heavy atom. The molecule has 0 radical (unpaired) electrons. The van der Waals surface area contributed by atoms with Gasteiger partial charge in [-0.05, 0) is 49.9 Å². The highest BCUT2D eigenvalue weighted by Gasteiger charge is 2.49. The molecule has 2 fully saturated rings. The summed E-state index contributed by atoms with van der Waals surface area (Å²) >= 11 is 0. The number of nitrogens with zero attached hydrogens (tertiary/aromatic N) is 1. The topological polar surface area (TPSA) is 58.4 Å². The van der Waals surface area contributed by atoms with E-state index in [-0.39, 0.29) is 11.4 Å². The number of primary amides is 1. The van der Waals surface area contributed by atoms with Gasteiger partial charge in [0.25, 0.3) is 0 Å². The summed E-state index contributed by atoms with van der Waals surface area (Å²) in [6, 6.07) is 7.66. The van der Waals surface area contributed by atoms with Crippen molar-refractivity contribution >= 4 is 11.6 Å². The van der Waals surface area contributed by atoms with Crippen molar-refractivity contribution in [1.29, 1.82) is 0 Å². The average Bonchev–Trinajstić information content (AvgIpc) is 2.92. The molecule has 1 aromatic carbocycles. The minimum atomic E-state index is -0.367. The zero-order chi connectivity index (χ0) is 13.6. The van der Waals surface area contributed by atoms with Crippen molar-refractivity contribution in [1.82, 2.24) is 5.32 Å². The molecule has 2 atom stereocenters. The molecule has 1 aromatic rings. The fourth-order valence-corrected chi connectivity index (χ4v) is 3.67. The SMILES string of the molecule is CC1(C)C2CNCC2CN1c1ccc(C(N)=O)cc1. The van der Waals surface area contributed by atoms with Crippen LogP contribution in [0.4, 0.5) is 5.69 Å². The fraction of sp³-hybridized carbons (Fsp3) is 0.533. The van der Waals surface area contributed by atoms with Gasteiger partial charge in [-0.1, -0.05) is 0 Å². The summed E-state index contributed by atoms with van der Waals surface area (Å²) < 4.78 is 0. The van der Waals surface area contributed by atoms with Crippen LogP contribution in [0.5, 0.6) is 0 Å². The molecule has 0 bridgehead atoms. The maximum atomic E-state index is 11.1. The van der Waals surface area contributed by atoms with Crippen LogP contribution in [0.3, 0.4) is 0 Å². The van der Waals surface area contributed by atoms with Gasteiger partial charge < -0.3 is 16.0 Å². The molecule has 4 heteroatoms. The van der Waals surface area contributed by atoms with Crippen LogP contribution in [0.2, 0.25) is 0 Å². The third-order valence-corrected chi connectivity index (χ3v) is 4.82. The number of anilines is 1. The van der Waals surface area contributed by atoms with Gasteiger partial charge in [-0.25, -0.2) is 0 Å². The van der Waals surface area contributed by atoms with Crippen LogP contribution in [0.1, 0.15) is 24.2 Å². The van der Waals surface area contributed by atoms with Crippen molar-refractivity contribution in [2.75, 3.05) is 24.5 Å². The molecule has 102 valence electrons. The summed E-state index contributed by atoms with van der Waals surface area (Å²) in [5.74, 6) is 1.06. The summed E-state index contributed by atoms with van der Waals surface area (Å²) in [4.78, 5) is 13.6. The van der Waals surface area contributed by atoms with Crippen molar-refractivity contribution in [2.24, 2.45) is 17.6 Å². The first kappa shape index (κ1) is 12.5. The van der Waals surface area contributed by atoms with E-state index in [1.165, 1.54) is 5.69 Å². The number of nitrogens with one attached hydrogen (secondary N) is 1. The van der Waals surface area contributed by atoms with Crippen molar-refractivity contribution in [2.45, 2.75) is 19.4 Å². The van der Waals surface area contributed by atoms with Crippen LogP contribution in [0.15, 0.2) is 24.3 Å². The first-order valence-electron chi connectivity index (χ1n) is 6.88. The molecular weight excluding hydrogens is 238 g/mol. The van der Waals surface area contributed by atoms with Crippen molar-refractivity contribution in [3.63, 3.8) is 0 Å². The van der Waals surface area contributed by atoms with Gasteiger partial charge in [0.1, 0.15) is 0 Å². The van der Waals surface area contributed by atoms with Gasteiger partial charge in [0.05, 0.1) is 0 Å². The first-order chi connectivity index (χ1) is 9.00. The van der Waals surface area contributed by atoms with E-state index in [1.54, 1.807) is 0 Å². The monoisotopic (exact) mass is 259 g/mol. The lowest BCUT2D eigenvalue weighted by molar-refractivity contribution is 0.100. The van der Waals surface area contributed by atoms with Crippen molar-refractivity contribution in [3.05, 3.63) is 29.8 Å². The van der Waals surface area contributed by atoms with E-state index < -0.39 is 0 Å². The molecule has 4 nitrogen and oxygen atoms in total. The molecule has 2 heterocycles. The Morgan fingerprint density at radius 1 is 1.32 bits per heavy atom. The number of hydrogen-bond acceptors (Lipinski definition) is 3. The van der Waals surface area contributed by atoms with Crippen LogP contribution in [-0.4, -0.2) is 31.1 Å². The molecule has 2 saturated heterocycles. The predicted octanol–water partition coefficient (Wildman–Crippen LogP) is 1.22. The van der Waals surface area contributed by atoms with E-state index in [4.69, 9.17) is 5.73 Å². The van der Waals surface area contributed by atoms with Crippen molar-refractivity contribution < 1.29 is 4.79 Å². The Morgan fingerprint density at radius 3 is 2.58 bits per heavy atom. The molecule has 0 aliphatic carbocycles. The van der Waals surface area contributed by atoms with Gasteiger partial charge >= 0.3 is 0 Å². The molecule has 0 aromatic heterocycles. The second-order valence-electron chi connectivity index (χ2n) is 6.20. The third-order valence-electron chi connectivity index (χ3n) is 4.82. The van der Waals surface area contributed by atoms with E-state index in [0.29, 0.717) is 11.5 Å². The van der Waals surface area contributed by atoms with Crippen LogP contribution >= 0.6 is 0 Å². The number of rotatable bonds is 2. The van der Waals surface area contributed by atoms with Crippen molar-refractivity contribution in [3.8, 4) is 0 Å². The number of fused-ring (bicyclic) bond motifs is 1. The maximum absolute atomic E-state index is 11.1. The molecule has 0 saturated carbocycles. The lowest BCUT2D eigenvalue weighted by atomic mass is 9.84. The third kappa shape index (κ3) is 1.91. The van der Waals surface area contributed by atoms with Gasteiger partial charge in [-0.2, -0.15) is 0 Å². The van der Waals surface area contributed by atoms with E-state index in [0.717, 1.165) is 25.6 Å². The van der Waals surface area contributed by atoms with E-state index >= 15 is 0 Å². The number of carbonyl (C=O) groups excluding carboxylic acids is 1. The summed E-state index contributed by atoms with van der Waals surface area (Å²) in [5.41, 5.74) is 7.20. The molecule has 3 rings (SSSR count). The van der Waals surface area contributed by atoms with E-state index in [9.17, 15) is 4.79 Å². The Labute approximate surface area is 114 Å². The minimum Gasteiger partial charge on any atom is -0.366 e. The Balaban J connectivity index is 1.88. The number of carbonyl (C=O) groups is 1. The zero-order valence-electron chi connectivity index (χ0n) is 11.5. The maximum Gasteiger partial charge on any atom is 0.248 e. The second-order valence-corrected chi connectivity index (χ2v) is 6.20. The largest absolute Gasteiger partial charge is 0.366 e. The minimum absolute atomic E-state index is 0.155. The molecule has 1 amide bonds. The number of benzene rings is 1. The molecule has 0 spiro atoms. The highest BCUT2D eigenvalue weighted by Crippen LogP contribution is 2.43. The zero-order valence-corrected chi connectivity index (χ0v) is 11.5. The number of amides is 1. The highest BCUT2D eigenvalue weighted by molar-refractivity contribution is 5.93. The van der Waals surface area contributed by atoms with E-state index in [2.05, 4.69) is 24.1 Å². The molecule has 3 N–H and O–H groups in total. The normalized spacial score (nSPS) is 28.4. The van der Waals surface area contributed by atoms with Crippen LogP contribution in [-0.2, 0) is 0 Å². The summed E-state index contributed by atoms with van der Waals surface area (Å²) in [7, 11) is 0. The second kappa shape index (κ2) is 4.23. The first-order valence-corrected chi connectivity index (χ1v) is 6.88. The lowest BCUT2D eigenvalue weighted by Crippen LogP contribution is -2.44. The van der Waals surface area contributed by atoms with Gasteiger partial charge in [-0.15, -0.1) is 0 Å². The van der Waals surface area contributed by atoms with Crippen LogP contribution in [0, 0.1) is 11.8 Å². The van der Waals surface area contributed by atoms with E-state index in [1.807, 2.05) is 24.3 Å². The van der Waals surface area contributed by atoms with Crippen LogP contribution < -0.4 is 16.0 Å². The van der Waals surface area contributed by atoms with Crippen LogP contribution in [0.25, 0.3) is 0 Å². The van der Waals surface area contributed by atoms with Gasteiger partial charge in [0.2, 0.25) is 5.91 Å². The Hall–Kier alpha value is -1.55. The fourth-order valence-electron chi connectivity index (χ4n) is 3.67. The summed E-state index contributed by atoms with van der Waals surface area (Å²) in [5, 5.41) is 3.49. The highest BCUT2D eigenvalue weighted by atomic mass is 16.1. The summed E-state index contributed by atoms with van der Waals surface area (Å²) in [6.45, 7) is 7.93. The number of nitrogens with two attached hydrogens (primary N) is 1. The molecule has 2 aliphatic rings. The van der Waals surface area contributed by atoms with Gasteiger partial charge in [-0.3, -0.25) is 4.79 Å². The smallest absolute Gasteiger partial charge is 0.248 e. The molecular formula is C15H21N3O. The quantitative estimate of drug-likeness (QED) is 0.839. The Bertz CT molecular complexity index is 495. The standard InChI is InChI=1S/C15H21N3O/c1-15(2)13-8-17-7-11(13)9-18(15)12-5-3-10(4-6-12)14(16)19/h3-6,11,13,17H,7-9H2,1-2H3,(H2,16,19). The predicted molar refractivity (Wildman–Crippen MR) is 76.2 cm³/mol. The van der Waals surface area contributed by atoms with Gasteiger partial charge in [0, 0.05) is 36.4 Å². The van der Waals surface area contributed by atoms with Gasteiger partial charge in [0.15, 0.2) is 0 Å². The molecule has 19 heavy (non-hydrogen) atoms. The lowest BCUT2D eigenvalue weighted by Gasteiger charge is -2.37. The molecule has 2 unspecified atom stereocenters. The number of hydrogen-bond donors (Lipinski definition) is 2.